The molecule has 2 N–H and O–H groups in total. The fraction of sp³-hybridized carbons (Fsp3) is 0.471. The normalized spacial score (nSPS) is 18.0. The Hall–Kier alpha value is -2.79. The van der Waals surface area contributed by atoms with E-state index < -0.39 is 0 Å². The Morgan fingerprint density at radius 3 is 2.88 bits per heavy atom. The summed E-state index contributed by atoms with van der Waals surface area (Å²) in [6.07, 6.45) is 7.99. The average molecular weight is 338 g/mol. The van der Waals surface area contributed by atoms with E-state index in [1.165, 1.54) is 0 Å². The summed E-state index contributed by atoms with van der Waals surface area (Å²) in [4.78, 5) is 21.5. The van der Waals surface area contributed by atoms with Gasteiger partial charge in [-0.15, -0.1) is 0 Å². The molecule has 1 saturated heterocycles. The maximum Gasteiger partial charge on any atom is 0.183 e. The van der Waals surface area contributed by atoms with Crippen LogP contribution in [0.4, 0.5) is 11.6 Å². The molecule has 0 bridgehead atoms. The first kappa shape index (κ1) is 17.0. The highest BCUT2D eigenvalue weighted by Crippen LogP contribution is 2.22. The van der Waals surface area contributed by atoms with E-state index in [2.05, 4.69) is 42.9 Å². The topological polar surface area (TPSA) is 108 Å². The Bertz CT molecular complexity index is 756. The van der Waals surface area contributed by atoms with Gasteiger partial charge in [-0.25, -0.2) is 19.9 Å². The van der Waals surface area contributed by atoms with Gasteiger partial charge in [-0.2, -0.15) is 5.26 Å². The number of rotatable bonds is 4. The van der Waals surface area contributed by atoms with E-state index in [0.29, 0.717) is 29.9 Å². The summed E-state index contributed by atoms with van der Waals surface area (Å²) in [5.41, 5.74) is 6.12. The van der Waals surface area contributed by atoms with Gasteiger partial charge in [0.25, 0.3) is 0 Å². The van der Waals surface area contributed by atoms with Gasteiger partial charge in [-0.05, 0) is 32.4 Å². The largest absolute Gasteiger partial charge is 0.384 e. The Kier molecular flexibility index (Phi) is 5.36. The second kappa shape index (κ2) is 7.85. The third kappa shape index (κ3) is 4.19. The van der Waals surface area contributed by atoms with Crippen LogP contribution in [0.5, 0.6) is 0 Å². The van der Waals surface area contributed by atoms with Crippen molar-refractivity contribution in [2.75, 3.05) is 30.8 Å². The minimum atomic E-state index is 0.391. The molecule has 2 aromatic rings. The van der Waals surface area contributed by atoms with Crippen LogP contribution >= 0.6 is 0 Å². The van der Waals surface area contributed by atoms with Crippen LogP contribution in [0.1, 0.15) is 30.8 Å². The second-order valence-electron chi connectivity index (χ2n) is 6.22. The number of aromatic nitrogens is 4. The molecule has 2 aromatic heterocycles. The fourth-order valence-corrected chi connectivity index (χ4v) is 3.22. The smallest absolute Gasteiger partial charge is 0.183 e. The molecular weight excluding hydrogens is 316 g/mol. The summed E-state index contributed by atoms with van der Waals surface area (Å²) in [7, 11) is 2.09. The molecule has 1 aliphatic heterocycles. The van der Waals surface area contributed by atoms with Crippen molar-refractivity contribution in [3.8, 4) is 6.07 Å². The molecule has 0 spiro atoms. The summed E-state index contributed by atoms with van der Waals surface area (Å²) in [5.74, 6) is 1.92. The summed E-state index contributed by atoms with van der Waals surface area (Å²) in [6, 6.07) is 4.25. The third-order valence-electron chi connectivity index (χ3n) is 4.52. The van der Waals surface area contributed by atoms with Crippen molar-refractivity contribution in [3.63, 3.8) is 0 Å². The molecular formula is C17H22N8. The zero-order valence-corrected chi connectivity index (χ0v) is 14.3. The fourth-order valence-electron chi connectivity index (χ4n) is 3.22. The van der Waals surface area contributed by atoms with Crippen LogP contribution in [-0.2, 0) is 6.54 Å². The molecule has 0 aromatic carbocycles. The van der Waals surface area contributed by atoms with E-state index in [1.54, 1.807) is 24.7 Å². The zero-order valence-electron chi connectivity index (χ0n) is 14.3. The highest BCUT2D eigenvalue weighted by Gasteiger charge is 2.23. The summed E-state index contributed by atoms with van der Waals surface area (Å²) < 4.78 is 0. The van der Waals surface area contributed by atoms with Gasteiger partial charge in [0.2, 0.25) is 0 Å². The molecule has 0 aliphatic carbocycles. The van der Waals surface area contributed by atoms with Crippen molar-refractivity contribution >= 4 is 11.6 Å². The number of nitrogen functional groups attached to an aromatic ring is 1. The van der Waals surface area contributed by atoms with E-state index >= 15 is 0 Å². The van der Waals surface area contributed by atoms with Crippen LogP contribution in [0.2, 0.25) is 0 Å². The average Bonchev–Trinajstić information content (AvgIpc) is 2.88. The van der Waals surface area contributed by atoms with E-state index in [0.717, 1.165) is 38.2 Å². The van der Waals surface area contributed by atoms with Crippen molar-refractivity contribution < 1.29 is 0 Å². The lowest BCUT2D eigenvalue weighted by atomic mass is 10.1. The van der Waals surface area contributed by atoms with Gasteiger partial charge in [0.05, 0.1) is 6.54 Å². The summed E-state index contributed by atoms with van der Waals surface area (Å²) in [6.45, 7) is 2.40. The first-order chi connectivity index (χ1) is 12.2. The Balaban J connectivity index is 1.64. The van der Waals surface area contributed by atoms with Crippen LogP contribution in [0.25, 0.3) is 0 Å². The summed E-state index contributed by atoms with van der Waals surface area (Å²) in [5, 5.41) is 9.23. The lowest BCUT2D eigenvalue weighted by Gasteiger charge is -2.27. The quantitative estimate of drug-likeness (QED) is 0.886. The van der Waals surface area contributed by atoms with Crippen LogP contribution in [0.15, 0.2) is 24.7 Å². The minimum Gasteiger partial charge on any atom is -0.384 e. The Morgan fingerprint density at radius 2 is 2.08 bits per heavy atom. The molecule has 3 heterocycles. The highest BCUT2D eigenvalue weighted by molar-refractivity contribution is 5.49. The van der Waals surface area contributed by atoms with Gasteiger partial charge in [0.15, 0.2) is 11.5 Å². The molecule has 1 fully saturated rings. The van der Waals surface area contributed by atoms with Gasteiger partial charge in [-0.1, -0.05) is 0 Å². The standard InChI is InChI=1S/C17H22N8/c1-24(12-16-21-6-4-15(19)23-16)13-3-2-9-25(10-5-13)17-14(11-18)20-7-8-22-17/h4,6-8,13H,2-3,5,9-10,12H2,1H3,(H2,19,21,23). The molecule has 3 rings (SSSR count). The van der Waals surface area contributed by atoms with Crippen molar-refractivity contribution in [2.45, 2.75) is 31.8 Å². The number of nitrogens with two attached hydrogens (primary N) is 1. The molecule has 8 heteroatoms. The van der Waals surface area contributed by atoms with Gasteiger partial charge in [-0.3, -0.25) is 4.90 Å². The van der Waals surface area contributed by atoms with E-state index in [4.69, 9.17) is 5.73 Å². The summed E-state index contributed by atoms with van der Waals surface area (Å²) >= 11 is 0. The Morgan fingerprint density at radius 1 is 1.24 bits per heavy atom. The molecule has 25 heavy (non-hydrogen) atoms. The van der Waals surface area contributed by atoms with Crippen molar-refractivity contribution in [3.05, 3.63) is 36.2 Å². The predicted molar refractivity (Wildman–Crippen MR) is 94.5 cm³/mol. The Labute approximate surface area is 147 Å². The SMILES string of the molecule is CN(Cc1nccc(N)n1)C1CCCN(c2nccnc2C#N)CC1. The molecule has 130 valence electrons. The molecule has 1 atom stereocenters. The first-order valence-corrected chi connectivity index (χ1v) is 8.41. The van der Waals surface area contributed by atoms with Gasteiger partial charge in [0.1, 0.15) is 17.7 Å². The van der Waals surface area contributed by atoms with Crippen molar-refractivity contribution in [1.29, 1.82) is 5.26 Å². The van der Waals surface area contributed by atoms with Crippen molar-refractivity contribution in [1.82, 2.24) is 24.8 Å². The first-order valence-electron chi connectivity index (χ1n) is 8.41. The molecule has 8 nitrogen and oxygen atoms in total. The predicted octanol–water partition coefficient (Wildman–Crippen LogP) is 1.21. The van der Waals surface area contributed by atoms with Gasteiger partial charge < -0.3 is 10.6 Å². The minimum absolute atomic E-state index is 0.391. The van der Waals surface area contributed by atoms with Gasteiger partial charge in [0, 0.05) is 37.7 Å². The lowest BCUT2D eigenvalue weighted by molar-refractivity contribution is 0.212. The highest BCUT2D eigenvalue weighted by atomic mass is 15.2. The van der Waals surface area contributed by atoms with Crippen molar-refractivity contribution in [2.24, 2.45) is 0 Å². The van der Waals surface area contributed by atoms with E-state index in [-0.39, 0.29) is 0 Å². The molecule has 1 aliphatic rings. The van der Waals surface area contributed by atoms with E-state index in [9.17, 15) is 5.26 Å². The van der Waals surface area contributed by atoms with Crippen LogP contribution < -0.4 is 10.6 Å². The van der Waals surface area contributed by atoms with E-state index in [1.807, 2.05) is 0 Å². The number of nitriles is 1. The second-order valence-corrected chi connectivity index (χ2v) is 6.22. The lowest BCUT2D eigenvalue weighted by Crippen LogP contribution is -2.33. The third-order valence-corrected chi connectivity index (χ3v) is 4.52. The molecule has 1 unspecified atom stereocenters. The molecule has 0 saturated carbocycles. The molecule has 0 radical (unpaired) electrons. The van der Waals surface area contributed by atoms with Crippen LogP contribution in [0, 0.1) is 11.3 Å². The monoisotopic (exact) mass is 338 g/mol. The van der Waals surface area contributed by atoms with Gasteiger partial charge >= 0.3 is 0 Å². The number of hydrogen-bond donors (Lipinski definition) is 1. The maximum absolute atomic E-state index is 9.23. The number of anilines is 2. The number of hydrogen-bond acceptors (Lipinski definition) is 8. The zero-order chi connectivity index (χ0) is 17.6. The number of nitrogens with zero attached hydrogens (tertiary/aromatic N) is 7. The van der Waals surface area contributed by atoms with Crippen LogP contribution in [0.3, 0.4) is 0 Å². The maximum atomic E-state index is 9.23. The van der Waals surface area contributed by atoms with Crippen LogP contribution in [-0.4, -0.2) is 51.0 Å². The molecule has 0 amide bonds.